The minimum Gasteiger partial charge on any atom is -0.465 e. The molecule has 0 bridgehead atoms. The molecule has 0 heterocycles. The highest BCUT2D eigenvalue weighted by Gasteiger charge is 2.22. The molecule has 10 nitrogen and oxygen atoms in total. The van der Waals surface area contributed by atoms with Crippen LogP contribution in [0.2, 0.25) is 0 Å². The first-order valence-electron chi connectivity index (χ1n) is 12.1. The van der Waals surface area contributed by atoms with Gasteiger partial charge in [-0.1, -0.05) is 18.6 Å². The minimum atomic E-state index is -0.648. The third-order valence-corrected chi connectivity index (χ3v) is 5.33. The van der Waals surface area contributed by atoms with Crippen LogP contribution in [0.4, 0.5) is 4.79 Å². The van der Waals surface area contributed by atoms with Crippen LogP contribution in [0.15, 0.2) is 12.2 Å². The molecule has 0 radical (unpaired) electrons. The average molecular weight is 482 g/mol. The summed E-state index contributed by atoms with van der Waals surface area (Å²) in [5.41, 5.74) is 0. The molecular weight excluding hydrogens is 442 g/mol. The summed E-state index contributed by atoms with van der Waals surface area (Å²) in [5, 5.41) is 7.67. The van der Waals surface area contributed by atoms with Crippen molar-refractivity contribution in [2.75, 3.05) is 26.2 Å². The molecule has 0 saturated heterocycles. The number of alkyl carbamates (subject to hydrolysis) is 1. The van der Waals surface area contributed by atoms with Crippen LogP contribution in [0.3, 0.4) is 0 Å². The molecule has 0 aromatic rings. The zero-order valence-corrected chi connectivity index (χ0v) is 20.4. The van der Waals surface area contributed by atoms with Crippen LogP contribution < -0.4 is 16.0 Å². The number of carbonyl (C=O) groups excluding carboxylic acids is 5. The van der Waals surface area contributed by atoms with E-state index in [1.807, 2.05) is 0 Å². The molecular formula is C24H39N3O7. The Hall–Kier alpha value is -2.91. The molecule has 10 heteroatoms. The first-order valence-corrected chi connectivity index (χ1v) is 12.1. The van der Waals surface area contributed by atoms with Crippen molar-refractivity contribution >= 4 is 29.7 Å². The van der Waals surface area contributed by atoms with Gasteiger partial charge in [0.25, 0.3) is 0 Å². The van der Waals surface area contributed by atoms with E-state index in [2.05, 4.69) is 28.1 Å². The van der Waals surface area contributed by atoms with Gasteiger partial charge in [0.05, 0.1) is 13.2 Å². The number of ether oxygens (including phenoxy) is 2. The van der Waals surface area contributed by atoms with Gasteiger partial charge < -0.3 is 25.4 Å². The molecule has 3 amide bonds. The van der Waals surface area contributed by atoms with E-state index in [-0.39, 0.29) is 43.9 Å². The average Bonchev–Trinajstić information content (AvgIpc) is 2.77. The molecule has 192 valence electrons. The molecule has 0 aromatic carbocycles. The lowest BCUT2D eigenvalue weighted by Gasteiger charge is -2.19. The van der Waals surface area contributed by atoms with Crippen molar-refractivity contribution in [3.05, 3.63) is 12.2 Å². The molecule has 1 aliphatic carbocycles. The summed E-state index contributed by atoms with van der Waals surface area (Å²) in [6, 6.07) is 0. The summed E-state index contributed by atoms with van der Waals surface area (Å²) in [6.07, 6.45) is 9.86. The van der Waals surface area contributed by atoms with Gasteiger partial charge in [0.1, 0.15) is 12.6 Å². The van der Waals surface area contributed by atoms with Crippen LogP contribution in [-0.4, -0.2) is 62.0 Å². The molecule has 34 heavy (non-hydrogen) atoms. The number of carbonyl (C=O) groups is 5. The standard InChI is InChI=1S/C24H39N3O7/c1-3-33-22(30)17-27-23(31)19(15-20(29)16-26-18(2)28)11-9-10-14-25-24(32)34-21-12-7-5-4-6-8-13-21/h4-5,19,21H,3,6-17H2,1-2H3,(H,25,32)(H,26,28)(H,27,31)/b5-4+/t19-,21?/m1/s1. The van der Waals surface area contributed by atoms with Crippen molar-refractivity contribution in [2.45, 2.75) is 77.7 Å². The highest BCUT2D eigenvalue weighted by atomic mass is 16.6. The maximum atomic E-state index is 12.5. The van der Waals surface area contributed by atoms with Gasteiger partial charge >= 0.3 is 12.1 Å². The second kappa shape index (κ2) is 17.6. The van der Waals surface area contributed by atoms with Gasteiger partial charge in [-0.25, -0.2) is 4.79 Å². The van der Waals surface area contributed by atoms with Crippen LogP contribution in [0.25, 0.3) is 0 Å². The highest BCUT2D eigenvalue weighted by molar-refractivity contribution is 5.90. The molecule has 1 rings (SSSR count). The summed E-state index contributed by atoms with van der Waals surface area (Å²) < 4.78 is 10.3. The number of allylic oxidation sites excluding steroid dienone is 2. The fraction of sp³-hybridized carbons (Fsp3) is 0.708. The van der Waals surface area contributed by atoms with Crippen molar-refractivity contribution in [3.8, 4) is 0 Å². The smallest absolute Gasteiger partial charge is 0.407 e. The zero-order chi connectivity index (χ0) is 25.2. The highest BCUT2D eigenvalue weighted by Crippen LogP contribution is 2.16. The predicted octanol–water partition coefficient (Wildman–Crippen LogP) is 2.16. The largest absolute Gasteiger partial charge is 0.465 e. The predicted molar refractivity (Wildman–Crippen MR) is 126 cm³/mol. The lowest BCUT2D eigenvalue weighted by molar-refractivity contribution is -0.144. The van der Waals surface area contributed by atoms with E-state index in [4.69, 9.17) is 9.47 Å². The number of rotatable bonds is 14. The molecule has 0 spiro atoms. The number of ketones is 1. The zero-order valence-electron chi connectivity index (χ0n) is 20.4. The lowest BCUT2D eigenvalue weighted by atomic mass is 9.95. The second-order valence-corrected chi connectivity index (χ2v) is 8.30. The Bertz CT molecular complexity index is 709. The summed E-state index contributed by atoms with van der Waals surface area (Å²) in [6.45, 7) is 3.16. The first kappa shape index (κ1) is 29.1. The summed E-state index contributed by atoms with van der Waals surface area (Å²) in [5.74, 6) is -2.23. The third-order valence-electron chi connectivity index (χ3n) is 5.33. The van der Waals surface area contributed by atoms with E-state index in [0.29, 0.717) is 25.8 Å². The summed E-state index contributed by atoms with van der Waals surface area (Å²) in [7, 11) is 0. The van der Waals surface area contributed by atoms with Gasteiger partial charge in [-0.05, 0) is 51.9 Å². The van der Waals surface area contributed by atoms with Crippen LogP contribution in [0.1, 0.15) is 71.6 Å². The minimum absolute atomic E-state index is 0.0550. The molecule has 2 atom stereocenters. The van der Waals surface area contributed by atoms with E-state index in [0.717, 1.165) is 32.1 Å². The van der Waals surface area contributed by atoms with E-state index < -0.39 is 23.9 Å². The Kier molecular flexibility index (Phi) is 15.0. The van der Waals surface area contributed by atoms with Crippen LogP contribution in [0, 0.1) is 5.92 Å². The van der Waals surface area contributed by atoms with E-state index in [9.17, 15) is 24.0 Å². The third kappa shape index (κ3) is 14.3. The number of nitrogens with one attached hydrogen (secondary N) is 3. The van der Waals surface area contributed by atoms with Crippen LogP contribution in [-0.2, 0) is 28.7 Å². The number of Topliss-reactive ketones (excluding diaryl/α,β-unsaturated/α-hetero) is 1. The lowest BCUT2D eigenvalue weighted by Crippen LogP contribution is -2.37. The van der Waals surface area contributed by atoms with E-state index in [1.165, 1.54) is 6.92 Å². The molecule has 0 aromatic heterocycles. The molecule has 0 saturated carbocycles. The van der Waals surface area contributed by atoms with Gasteiger partial charge in [0, 0.05) is 25.8 Å². The van der Waals surface area contributed by atoms with Gasteiger partial charge in [0.15, 0.2) is 5.78 Å². The number of hydrogen-bond acceptors (Lipinski definition) is 7. The molecule has 1 unspecified atom stereocenters. The van der Waals surface area contributed by atoms with Gasteiger partial charge in [-0.15, -0.1) is 0 Å². The number of hydrogen-bond donors (Lipinski definition) is 3. The number of esters is 1. The monoisotopic (exact) mass is 481 g/mol. The fourth-order valence-corrected chi connectivity index (χ4v) is 3.55. The quantitative estimate of drug-likeness (QED) is 0.196. The Morgan fingerprint density at radius 3 is 2.47 bits per heavy atom. The normalized spacial score (nSPS) is 17.3. The van der Waals surface area contributed by atoms with Crippen LogP contribution in [0.5, 0.6) is 0 Å². The SMILES string of the molecule is CCOC(=O)CNC(=O)[C@H](CCCCNC(=O)OC1CC/C=C/CCC1)CC(=O)CNC(C)=O. The van der Waals surface area contributed by atoms with Crippen molar-refractivity contribution in [3.63, 3.8) is 0 Å². The summed E-state index contributed by atoms with van der Waals surface area (Å²) >= 11 is 0. The van der Waals surface area contributed by atoms with Crippen LogP contribution >= 0.6 is 0 Å². The maximum absolute atomic E-state index is 12.5. The van der Waals surface area contributed by atoms with Gasteiger partial charge in [-0.2, -0.15) is 0 Å². The Morgan fingerprint density at radius 2 is 1.74 bits per heavy atom. The molecule has 0 aliphatic heterocycles. The van der Waals surface area contributed by atoms with Crippen molar-refractivity contribution in [1.29, 1.82) is 0 Å². The van der Waals surface area contributed by atoms with E-state index >= 15 is 0 Å². The molecule has 0 fully saturated rings. The van der Waals surface area contributed by atoms with E-state index in [1.54, 1.807) is 6.92 Å². The molecule has 1 aliphatic rings. The number of amides is 3. The Labute approximate surface area is 201 Å². The van der Waals surface area contributed by atoms with Crippen molar-refractivity contribution in [1.82, 2.24) is 16.0 Å². The van der Waals surface area contributed by atoms with Crippen molar-refractivity contribution < 1.29 is 33.4 Å². The Morgan fingerprint density at radius 1 is 0.971 bits per heavy atom. The summed E-state index contributed by atoms with van der Waals surface area (Å²) in [4.78, 5) is 59.2. The topological polar surface area (TPSA) is 140 Å². The van der Waals surface area contributed by atoms with Gasteiger partial charge in [-0.3, -0.25) is 19.2 Å². The second-order valence-electron chi connectivity index (χ2n) is 8.30. The van der Waals surface area contributed by atoms with Gasteiger partial charge in [0.2, 0.25) is 11.8 Å². The fourth-order valence-electron chi connectivity index (χ4n) is 3.55. The first-order chi connectivity index (χ1) is 16.3. The molecule has 3 N–H and O–H groups in total. The number of unbranched alkanes of at least 4 members (excludes halogenated alkanes) is 1. The Balaban J connectivity index is 2.41. The maximum Gasteiger partial charge on any atom is 0.407 e. The van der Waals surface area contributed by atoms with Crippen molar-refractivity contribution in [2.24, 2.45) is 5.92 Å².